The summed E-state index contributed by atoms with van der Waals surface area (Å²) < 4.78 is 2.48. The first-order valence-corrected chi connectivity index (χ1v) is 18.7. The van der Waals surface area contributed by atoms with Crippen LogP contribution in [0.3, 0.4) is 0 Å². The normalized spacial score (nSPS) is 18.4. The van der Waals surface area contributed by atoms with Crippen molar-refractivity contribution in [3.8, 4) is 0 Å². The number of hydrogen-bond acceptors (Lipinski definition) is 5. The van der Waals surface area contributed by atoms with Gasteiger partial charge in [0, 0.05) is 61.0 Å². The Balaban J connectivity index is 1.29. The Morgan fingerprint density at radius 3 is 2.44 bits per heavy atom. The second-order valence-electron chi connectivity index (χ2n) is 16.0. The van der Waals surface area contributed by atoms with Crippen LogP contribution in [0.2, 0.25) is 0 Å². The molecule has 3 aliphatic heterocycles. The molecule has 4 aliphatic rings. The number of likely N-dealkylation sites (N-methyl/N-ethyl adjacent to an activating group) is 1. The molecule has 0 saturated carbocycles. The lowest BCUT2D eigenvalue weighted by Crippen LogP contribution is -2.44. The minimum Gasteiger partial charge on any atom is -0.478 e. The van der Waals surface area contributed by atoms with Gasteiger partial charge in [-0.1, -0.05) is 44.7 Å². The van der Waals surface area contributed by atoms with E-state index in [0.29, 0.717) is 30.5 Å². The van der Waals surface area contributed by atoms with Crippen molar-refractivity contribution in [2.24, 2.45) is 0 Å². The second kappa shape index (κ2) is 13.2. The van der Waals surface area contributed by atoms with E-state index in [0.717, 1.165) is 65.8 Å². The molecule has 1 fully saturated rings. The fraction of sp³-hybridized carbons (Fsp3) is 0.409. The van der Waals surface area contributed by atoms with Gasteiger partial charge in [-0.15, -0.1) is 5.06 Å². The summed E-state index contributed by atoms with van der Waals surface area (Å²) in [5.74, 6) is -1.54. The number of unbranched alkanes of at least 4 members (excludes halogenated alkanes) is 2. The van der Waals surface area contributed by atoms with Crippen LogP contribution in [-0.4, -0.2) is 53.7 Å². The van der Waals surface area contributed by atoms with Gasteiger partial charge < -0.3 is 14.8 Å². The first kappa shape index (κ1) is 35.4. The highest BCUT2D eigenvalue weighted by Gasteiger charge is 2.39. The number of fused-ring (bicyclic) bond motifs is 4. The molecule has 7 rings (SSSR count). The first-order valence-electron chi connectivity index (χ1n) is 18.7. The number of hydrogen-bond donors (Lipinski definition) is 1. The minimum absolute atomic E-state index is 0.146. The van der Waals surface area contributed by atoms with E-state index in [2.05, 4.69) is 88.1 Å². The molecule has 0 unspecified atom stereocenters. The predicted octanol–water partition coefficient (Wildman–Crippen LogP) is 6.50. The molecule has 0 spiro atoms. The molecule has 3 aromatic carbocycles. The van der Waals surface area contributed by atoms with Crippen molar-refractivity contribution in [1.82, 2.24) is 9.64 Å². The van der Waals surface area contributed by atoms with Crippen LogP contribution in [0.5, 0.6) is 0 Å². The van der Waals surface area contributed by atoms with E-state index in [1.807, 2.05) is 12.1 Å². The third-order valence-corrected chi connectivity index (χ3v) is 11.7. The fourth-order valence-electron chi connectivity index (χ4n) is 8.70. The van der Waals surface area contributed by atoms with Crippen LogP contribution in [0.25, 0.3) is 11.1 Å². The van der Waals surface area contributed by atoms with Crippen molar-refractivity contribution in [3.63, 3.8) is 0 Å². The Labute approximate surface area is 306 Å². The van der Waals surface area contributed by atoms with Crippen LogP contribution in [-0.2, 0) is 26.3 Å². The molecule has 1 saturated heterocycles. The molecule has 1 N–H and O–H groups in total. The highest BCUT2D eigenvalue weighted by atomic mass is 16.7. The number of amides is 1. The zero-order valence-corrected chi connectivity index (χ0v) is 31.4. The average molecular weight is 701 g/mol. The van der Waals surface area contributed by atoms with Gasteiger partial charge in [0.25, 0.3) is 5.91 Å². The molecule has 3 heterocycles. The second-order valence-corrected chi connectivity index (χ2v) is 16.0. The van der Waals surface area contributed by atoms with Gasteiger partial charge in [-0.05, 0) is 109 Å². The van der Waals surface area contributed by atoms with Gasteiger partial charge in [0.05, 0.1) is 16.8 Å². The lowest BCUT2D eigenvalue weighted by molar-refractivity contribution is -0.186. The average Bonchev–Trinajstić information content (AvgIpc) is 3.41. The van der Waals surface area contributed by atoms with E-state index in [9.17, 15) is 19.5 Å². The highest BCUT2D eigenvalue weighted by Crippen LogP contribution is 2.47. The monoisotopic (exact) mass is 700 g/mol. The Bertz CT molecular complexity index is 2190. The van der Waals surface area contributed by atoms with Crippen LogP contribution in [0.1, 0.15) is 123 Å². The lowest BCUT2D eigenvalue weighted by atomic mass is 9.67. The summed E-state index contributed by atoms with van der Waals surface area (Å²) in [4.78, 5) is 44.7. The number of rotatable bonds is 9. The number of carbonyl (C=O) groups is 3. The molecular formula is C44H50N3O5+. The van der Waals surface area contributed by atoms with Crippen molar-refractivity contribution in [2.75, 3.05) is 25.0 Å². The maximum Gasteiger partial charge on any atom is 0.336 e. The largest absolute Gasteiger partial charge is 0.478 e. The molecule has 0 aromatic heterocycles. The molecule has 1 amide bonds. The molecule has 270 valence electrons. The van der Waals surface area contributed by atoms with Gasteiger partial charge in [0.2, 0.25) is 5.36 Å². The SMILES string of the molecule is C=C1CCC(=O)N1OC(=O)CCCCC[N+]1=c2cc3c(cc2CCC1)=C(c1ccccc1C(=O)O)c1cc2c(cc1C3(C)C)N(C)C(C)(C)C=C2C. The number of benzene rings is 3. The zero-order valence-electron chi connectivity index (χ0n) is 31.4. The summed E-state index contributed by atoms with van der Waals surface area (Å²) in [5, 5.41) is 13.8. The summed E-state index contributed by atoms with van der Waals surface area (Å²) in [6.07, 6.45) is 7.91. The number of nitrogens with zero attached hydrogens (tertiary/aromatic N) is 3. The Morgan fingerprint density at radius 2 is 1.71 bits per heavy atom. The maximum absolute atomic E-state index is 12.7. The Hall–Kier alpha value is -4.98. The number of allylic oxidation sites excluding steroid dienone is 2. The Kier molecular flexibility index (Phi) is 9.00. The number of aryl methyl sites for hydroxylation is 1. The fourth-order valence-corrected chi connectivity index (χ4v) is 8.70. The van der Waals surface area contributed by atoms with Gasteiger partial charge in [-0.25, -0.2) is 14.2 Å². The molecule has 52 heavy (non-hydrogen) atoms. The molecule has 8 nitrogen and oxygen atoms in total. The molecule has 8 heteroatoms. The summed E-state index contributed by atoms with van der Waals surface area (Å²) in [5.41, 5.74) is 10.4. The van der Waals surface area contributed by atoms with E-state index < -0.39 is 11.9 Å². The first-order chi connectivity index (χ1) is 24.7. The third-order valence-electron chi connectivity index (χ3n) is 11.7. The number of carboxylic acid groups (broad SMARTS) is 1. The van der Waals surface area contributed by atoms with Crippen molar-refractivity contribution >= 4 is 34.7 Å². The van der Waals surface area contributed by atoms with Crippen LogP contribution in [0.15, 0.2) is 66.9 Å². The predicted molar refractivity (Wildman–Crippen MR) is 204 cm³/mol. The third kappa shape index (κ3) is 6.06. The highest BCUT2D eigenvalue weighted by molar-refractivity contribution is 5.99. The summed E-state index contributed by atoms with van der Waals surface area (Å²) in [6.45, 7) is 16.9. The van der Waals surface area contributed by atoms with Crippen molar-refractivity contribution < 1.29 is 24.3 Å². The van der Waals surface area contributed by atoms with Crippen LogP contribution < -0.4 is 20.1 Å². The van der Waals surface area contributed by atoms with E-state index >= 15 is 0 Å². The van der Waals surface area contributed by atoms with E-state index in [-0.39, 0.29) is 23.3 Å². The topological polar surface area (TPSA) is 90.2 Å². The lowest BCUT2D eigenvalue weighted by Gasteiger charge is -2.43. The maximum atomic E-state index is 12.7. The molecule has 0 radical (unpaired) electrons. The van der Waals surface area contributed by atoms with Crippen molar-refractivity contribution in [2.45, 2.75) is 96.9 Å². The van der Waals surface area contributed by atoms with E-state index in [4.69, 9.17) is 4.84 Å². The number of aromatic carboxylic acids is 1. The van der Waals surface area contributed by atoms with E-state index in [1.165, 1.54) is 38.9 Å². The number of anilines is 1. The molecule has 0 atom stereocenters. The molecule has 1 aliphatic carbocycles. The number of hydroxylamine groups is 2. The molecule has 3 aromatic rings. The van der Waals surface area contributed by atoms with Gasteiger partial charge in [-0.3, -0.25) is 4.79 Å². The summed E-state index contributed by atoms with van der Waals surface area (Å²) in [7, 11) is 2.16. The van der Waals surface area contributed by atoms with Gasteiger partial charge in [0.15, 0.2) is 0 Å². The molecular weight excluding hydrogens is 651 g/mol. The van der Waals surface area contributed by atoms with Gasteiger partial charge in [0.1, 0.15) is 13.1 Å². The smallest absolute Gasteiger partial charge is 0.336 e. The van der Waals surface area contributed by atoms with E-state index in [1.54, 1.807) is 12.1 Å². The Morgan fingerprint density at radius 1 is 0.942 bits per heavy atom. The quantitative estimate of drug-likeness (QED) is 0.203. The summed E-state index contributed by atoms with van der Waals surface area (Å²) >= 11 is 0. The van der Waals surface area contributed by atoms with Gasteiger partial charge >= 0.3 is 11.9 Å². The summed E-state index contributed by atoms with van der Waals surface area (Å²) in [6, 6.07) is 16.8. The number of carboxylic acids is 1. The van der Waals surface area contributed by atoms with Crippen molar-refractivity contribution in [3.05, 3.63) is 116 Å². The molecule has 0 bridgehead atoms. The zero-order chi connectivity index (χ0) is 37.1. The van der Waals surface area contributed by atoms with Crippen LogP contribution in [0.4, 0.5) is 5.69 Å². The number of carbonyl (C=O) groups excluding carboxylic acids is 2. The van der Waals surface area contributed by atoms with Crippen LogP contribution in [0, 0.1) is 0 Å². The standard InChI is InChI=1S/C44H49N3O5/c1-27-26-43(3,4)45(7)38-25-36-34(23-32(27)38)41(30-15-10-11-16-31(30)42(50)51)33-22-29-14-13-21-46(37(29)24-35(33)44(36,5)6)20-12-8-9-17-40(49)52-47-28(2)18-19-39(47)48/h10-11,15-16,22-26H,2,8-9,12-14,17-21H2,1,3-7H3/p+1. The van der Waals surface area contributed by atoms with Crippen LogP contribution >= 0.6 is 0 Å². The van der Waals surface area contributed by atoms with Gasteiger partial charge in [-0.2, -0.15) is 0 Å². The van der Waals surface area contributed by atoms with Crippen molar-refractivity contribution in [1.29, 1.82) is 0 Å². The minimum atomic E-state index is -0.932.